The summed E-state index contributed by atoms with van der Waals surface area (Å²) in [4.78, 5) is 19.1. The molecular weight excluding hydrogens is 264 g/mol. The Morgan fingerprint density at radius 3 is 2.63 bits per heavy atom. The second-order valence-corrected chi connectivity index (χ2v) is 5.69. The van der Waals surface area contributed by atoms with E-state index < -0.39 is 4.92 Å². The highest BCUT2D eigenvalue weighted by molar-refractivity contribution is 7.99. The van der Waals surface area contributed by atoms with E-state index in [2.05, 4.69) is 29.1 Å². The Labute approximate surface area is 117 Å². The minimum atomic E-state index is -0.400. The number of hydrogen-bond acceptors (Lipinski definition) is 6. The number of nitro groups is 1. The molecule has 0 amide bonds. The molecule has 0 atom stereocenters. The van der Waals surface area contributed by atoms with Crippen LogP contribution < -0.4 is 5.32 Å². The van der Waals surface area contributed by atoms with Crippen LogP contribution in [0.5, 0.6) is 0 Å². The summed E-state index contributed by atoms with van der Waals surface area (Å²) in [5, 5.41) is 14.5. The van der Waals surface area contributed by atoms with E-state index in [-0.39, 0.29) is 5.69 Å². The number of hydrogen-bond donors (Lipinski definition) is 1. The number of anilines is 1. The quantitative estimate of drug-likeness (QED) is 0.358. The summed E-state index contributed by atoms with van der Waals surface area (Å²) >= 11 is 1.43. The van der Waals surface area contributed by atoms with Crippen molar-refractivity contribution < 1.29 is 4.92 Å². The van der Waals surface area contributed by atoms with E-state index >= 15 is 0 Å². The monoisotopic (exact) mass is 284 g/mol. The van der Waals surface area contributed by atoms with Gasteiger partial charge in [-0.3, -0.25) is 10.1 Å². The largest absolute Gasteiger partial charge is 0.354 e. The van der Waals surface area contributed by atoms with Crippen LogP contribution in [-0.2, 0) is 0 Å². The summed E-state index contributed by atoms with van der Waals surface area (Å²) in [5.41, 5.74) is 0.429. The molecule has 0 bridgehead atoms. The molecule has 0 saturated heterocycles. The van der Waals surface area contributed by atoms with E-state index in [9.17, 15) is 10.1 Å². The van der Waals surface area contributed by atoms with Crippen LogP contribution in [-0.4, -0.2) is 27.2 Å². The lowest BCUT2D eigenvalue weighted by Gasteiger charge is -2.08. The molecule has 0 radical (unpaired) electrons. The van der Waals surface area contributed by atoms with Crippen molar-refractivity contribution in [2.24, 2.45) is 5.92 Å². The van der Waals surface area contributed by atoms with Crippen molar-refractivity contribution >= 4 is 23.4 Å². The SMILES string of the molecule is CCNc1nc(C)c([N+](=O)[O-])c(SCCC(C)C)n1. The summed E-state index contributed by atoms with van der Waals surface area (Å²) in [6.45, 7) is 8.53. The molecule has 0 aliphatic rings. The van der Waals surface area contributed by atoms with E-state index in [1.165, 1.54) is 11.8 Å². The number of aryl methyl sites for hydroxylation is 1. The minimum absolute atomic E-state index is 0.0235. The molecule has 0 fully saturated rings. The minimum Gasteiger partial charge on any atom is -0.354 e. The fraction of sp³-hybridized carbons (Fsp3) is 0.667. The van der Waals surface area contributed by atoms with Crippen molar-refractivity contribution in [2.75, 3.05) is 17.6 Å². The standard InChI is InChI=1S/C12H20N4O2S/c1-5-13-12-14-9(4)10(16(17)18)11(15-12)19-7-6-8(2)3/h8H,5-7H2,1-4H3,(H,13,14,15). The van der Waals surface area contributed by atoms with Crippen molar-refractivity contribution in [1.82, 2.24) is 9.97 Å². The molecule has 7 heteroatoms. The highest BCUT2D eigenvalue weighted by Gasteiger charge is 2.22. The smallest absolute Gasteiger partial charge is 0.322 e. The van der Waals surface area contributed by atoms with Gasteiger partial charge < -0.3 is 5.32 Å². The lowest BCUT2D eigenvalue weighted by atomic mass is 10.2. The molecule has 19 heavy (non-hydrogen) atoms. The van der Waals surface area contributed by atoms with Crippen LogP contribution in [0.25, 0.3) is 0 Å². The van der Waals surface area contributed by atoms with Crippen LogP contribution in [0.2, 0.25) is 0 Å². The first-order valence-electron chi connectivity index (χ1n) is 6.35. The summed E-state index contributed by atoms with van der Waals surface area (Å²) in [6, 6.07) is 0. The highest BCUT2D eigenvalue weighted by Crippen LogP contribution is 2.31. The van der Waals surface area contributed by atoms with Crippen LogP contribution in [0.15, 0.2) is 5.03 Å². The third kappa shape index (κ3) is 4.66. The van der Waals surface area contributed by atoms with E-state index in [1.807, 2.05) is 6.92 Å². The van der Waals surface area contributed by atoms with Crippen LogP contribution >= 0.6 is 11.8 Å². The lowest BCUT2D eigenvalue weighted by molar-refractivity contribution is -0.389. The van der Waals surface area contributed by atoms with Gasteiger partial charge in [-0.15, -0.1) is 0 Å². The molecule has 0 saturated carbocycles. The second-order valence-electron chi connectivity index (χ2n) is 4.60. The van der Waals surface area contributed by atoms with E-state index in [1.54, 1.807) is 6.92 Å². The average molecular weight is 284 g/mol. The first-order valence-corrected chi connectivity index (χ1v) is 7.34. The van der Waals surface area contributed by atoms with Gasteiger partial charge in [0.25, 0.3) is 0 Å². The zero-order valence-corrected chi connectivity index (χ0v) is 12.6. The molecule has 0 unspecified atom stereocenters. The Kier molecular flexibility index (Phi) is 6.01. The number of rotatable bonds is 7. The van der Waals surface area contributed by atoms with Gasteiger partial charge >= 0.3 is 5.69 Å². The van der Waals surface area contributed by atoms with E-state index in [0.29, 0.717) is 29.1 Å². The van der Waals surface area contributed by atoms with Crippen LogP contribution in [0.1, 0.15) is 32.9 Å². The number of aromatic nitrogens is 2. The number of nitrogens with zero attached hydrogens (tertiary/aromatic N) is 3. The van der Waals surface area contributed by atoms with Gasteiger partial charge in [0.15, 0.2) is 5.03 Å². The van der Waals surface area contributed by atoms with Crippen molar-refractivity contribution in [1.29, 1.82) is 0 Å². The Balaban J connectivity index is 2.99. The van der Waals surface area contributed by atoms with Gasteiger partial charge in [0.1, 0.15) is 5.69 Å². The van der Waals surface area contributed by atoms with Crippen molar-refractivity contribution in [2.45, 2.75) is 39.1 Å². The molecule has 1 aromatic rings. The Morgan fingerprint density at radius 2 is 2.11 bits per heavy atom. The van der Waals surface area contributed by atoms with Crippen molar-refractivity contribution in [3.8, 4) is 0 Å². The lowest BCUT2D eigenvalue weighted by Crippen LogP contribution is -2.07. The molecule has 1 heterocycles. The third-order valence-electron chi connectivity index (χ3n) is 2.48. The second kappa shape index (κ2) is 7.28. The number of thioether (sulfide) groups is 1. The molecule has 0 aliphatic heterocycles. The summed E-state index contributed by atoms with van der Waals surface area (Å²) in [7, 11) is 0. The van der Waals surface area contributed by atoms with E-state index in [0.717, 1.165) is 12.2 Å². The maximum atomic E-state index is 11.1. The van der Waals surface area contributed by atoms with Gasteiger partial charge in [-0.1, -0.05) is 25.6 Å². The fourth-order valence-electron chi connectivity index (χ4n) is 1.48. The Bertz CT molecular complexity index is 452. The van der Waals surface area contributed by atoms with Gasteiger partial charge in [-0.05, 0) is 31.9 Å². The first-order chi connectivity index (χ1) is 8.95. The first kappa shape index (κ1) is 15.7. The molecule has 106 valence electrons. The molecule has 6 nitrogen and oxygen atoms in total. The number of nitrogens with one attached hydrogen (secondary N) is 1. The van der Waals surface area contributed by atoms with Gasteiger partial charge in [-0.25, -0.2) is 4.98 Å². The van der Waals surface area contributed by atoms with Crippen molar-refractivity contribution in [3.63, 3.8) is 0 Å². The maximum Gasteiger partial charge on any atom is 0.322 e. The van der Waals surface area contributed by atoms with Crippen molar-refractivity contribution in [3.05, 3.63) is 15.8 Å². The van der Waals surface area contributed by atoms with Crippen LogP contribution in [0.3, 0.4) is 0 Å². The molecular formula is C12H20N4O2S. The Hall–Kier alpha value is -1.37. The van der Waals surface area contributed by atoms with Gasteiger partial charge in [0.05, 0.1) is 4.92 Å². The van der Waals surface area contributed by atoms with Gasteiger partial charge in [-0.2, -0.15) is 4.98 Å². The highest BCUT2D eigenvalue weighted by atomic mass is 32.2. The van der Waals surface area contributed by atoms with Crippen LogP contribution in [0.4, 0.5) is 11.6 Å². The summed E-state index contributed by atoms with van der Waals surface area (Å²) < 4.78 is 0. The van der Waals surface area contributed by atoms with Gasteiger partial charge in [0.2, 0.25) is 5.95 Å². The molecule has 0 aromatic carbocycles. The molecule has 1 aromatic heterocycles. The Morgan fingerprint density at radius 1 is 1.42 bits per heavy atom. The predicted molar refractivity (Wildman–Crippen MR) is 77.8 cm³/mol. The molecule has 1 rings (SSSR count). The third-order valence-corrected chi connectivity index (χ3v) is 3.48. The van der Waals surface area contributed by atoms with E-state index in [4.69, 9.17) is 0 Å². The zero-order valence-electron chi connectivity index (χ0n) is 11.8. The topological polar surface area (TPSA) is 81.0 Å². The maximum absolute atomic E-state index is 11.1. The predicted octanol–water partition coefficient (Wildman–Crippen LogP) is 3.26. The molecule has 0 aliphatic carbocycles. The summed E-state index contributed by atoms with van der Waals surface area (Å²) in [6.07, 6.45) is 1.00. The fourth-order valence-corrected chi connectivity index (χ4v) is 2.77. The van der Waals surface area contributed by atoms with Gasteiger partial charge in [0, 0.05) is 6.54 Å². The summed E-state index contributed by atoms with van der Waals surface area (Å²) in [5.74, 6) is 1.85. The van der Waals surface area contributed by atoms with Crippen LogP contribution in [0, 0.1) is 23.0 Å². The molecule has 0 spiro atoms. The molecule has 1 N–H and O–H groups in total. The zero-order chi connectivity index (χ0) is 14.4. The normalized spacial score (nSPS) is 10.8. The average Bonchev–Trinajstić information content (AvgIpc) is 2.27.